The zero-order valence-electron chi connectivity index (χ0n) is 11.9. The number of furan rings is 1. The van der Waals surface area contributed by atoms with Gasteiger partial charge in [0, 0.05) is 31.1 Å². The molecular formula is C16H20N2O2. The minimum Gasteiger partial charge on any atom is -0.460 e. The van der Waals surface area contributed by atoms with Gasteiger partial charge < -0.3 is 14.6 Å². The molecule has 20 heavy (non-hydrogen) atoms. The molecule has 0 bridgehead atoms. The van der Waals surface area contributed by atoms with Gasteiger partial charge >= 0.3 is 0 Å². The zero-order valence-corrected chi connectivity index (χ0v) is 11.9. The summed E-state index contributed by atoms with van der Waals surface area (Å²) in [4.78, 5) is 14.6. The highest BCUT2D eigenvalue weighted by molar-refractivity contribution is 5.85. The van der Waals surface area contributed by atoms with Gasteiger partial charge in [-0.25, -0.2) is 0 Å². The van der Waals surface area contributed by atoms with Gasteiger partial charge in [0.05, 0.1) is 5.92 Å². The van der Waals surface area contributed by atoms with Gasteiger partial charge in [-0.15, -0.1) is 0 Å². The number of amides is 1. The van der Waals surface area contributed by atoms with E-state index in [0.29, 0.717) is 0 Å². The van der Waals surface area contributed by atoms with E-state index in [1.165, 1.54) is 0 Å². The van der Waals surface area contributed by atoms with E-state index in [2.05, 4.69) is 12.2 Å². The van der Waals surface area contributed by atoms with Crippen LogP contribution in [-0.4, -0.2) is 36.5 Å². The fourth-order valence-electron chi connectivity index (χ4n) is 2.75. The zero-order chi connectivity index (χ0) is 14.1. The minimum absolute atomic E-state index is 0.151. The monoisotopic (exact) mass is 272 g/mol. The Balaban J connectivity index is 1.83. The standard InChI is InChI=1S/C16H20N2O2/c1-11-10-17-7-8-18(11)16(19)12(2)15-9-13-5-3-4-6-14(13)20-15/h3-6,9,11-12,17H,7-8,10H2,1-2H3/t11-,12?/m0/s1. The molecule has 0 saturated carbocycles. The van der Waals surface area contributed by atoms with E-state index in [1.54, 1.807) is 0 Å². The molecule has 1 saturated heterocycles. The SMILES string of the molecule is CC(C(=O)N1CCNC[C@@H]1C)c1cc2ccccc2o1. The number of rotatable bonds is 2. The van der Waals surface area contributed by atoms with Crippen molar-refractivity contribution in [2.75, 3.05) is 19.6 Å². The van der Waals surface area contributed by atoms with Gasteiger partial charge in [0.1, 0.15) is 11.3 Å². The second-order valence-electron chi connectivity index (χ2n) is 5.49. The largest absolute Gasteiger partial charge is 0.460 e. The average molecular weight is 272 g/mol. The van der Waals surface area contributed by atoms with E-state index in [9.17, 15) is 4.79 Å². The molecule has 0 aliphatic carbocycles. The number of carbonyl (C=O) groups is 1. The molecule has 1 aliphatic heterocycles. The molecule has 3 rings (SSSR count). The molecule has 1 amide bonds. The Morgan fingerprint density at radius 2 is 2.25 bits per heavy atom. The maximum atomic E-state index is 12.6. The smallest absolute Gasteiger partial charge is 0.233 e. The first-order valence-corrected chi connectivity index (χ1v) is 7.16. The molecule has 0 radical (unpaired) electrons. The summed E-state index contributed by atoms with van der Waals surface area (Å²) in [5, 5.41) is 4.35. The van der Waals surface area contributed by atoms with Crippen LogP contribution in [0.3, 0.4) is 0 Å². The van der Waals surface area contributed by atoms with Gasteiger partial charge in [0.25, 0.3) is 0 Å². The average Bonchev–Trinajstić information content (AvgIpc) is 2.90. The van der Waals surface area contributed by atoms with Crippen LogP contribution in [0, 0.1) is 0 Å². The first kappa shape index (κ1) is 13.2. The summed E-state index contributed by atoms with van der Waals surface area (Å²) in [5.74, 6) is 0.669. The van der Waals surface area contributed by atoms with Crippen LogP contribution >= 0.6 is 0 Å². The van der Waals surface area contributed by atoms with Crippen molar-refractivity contribution in [3.63, 3.8) is 0 Å². The third kappa shape index (κ3) is 2.31. The molecule has 1 N–H and O–H groups in total. The number of nitrogens with one attached hydrogen (secondary N) is 1. The minimum atomic E-state index is -0.233. The van der Waals surface area contributed by atoms with E-state index in [0.717, 1.165) is 36.4 Å². The second kappa shape index (κ2) is 5.29. The van der Waals surface area contributed by atoms with Crippen molar-refractivity contribution in [2.45, 2.75) is 25.8 Å². The van der Waals surface area contributed by atoms with Crippen LogP contribution in [0.15, 0.2) is 34.7 Å². The number of para-hydroxylation sites is 1. The van der Waals surface area contributed by atoms with Gasteiger partial charge in [0.2, 0.25) is 5.91 Å². The van der Waals surface area contributed by atoms with Crippen LogP contribution in [0.5, 0.6) is 0 Å². The number of carbonyl (C=O) groups excluding carboxylic acids is 1. The van der Waals surface area contributed by atoms with Crippen molar-refractivity contribution in [1.29, 1.82) is 0 Å². The van der Waals surface area contributed by atoms with Crippen molar-refractivity contribution >= 4 is 16.9 Å². The summed E-state index contributed by atoms with van der Waals surface area (Å²) in [6.45, 7) is 6.50. The van der Waals surface area contributed by atoms with Gasteiger partial charge in [-0.1, -0.05) is 18.2 Å². The van der Waals surface area contributed by atoms with E-state index in [-0.39, 0.29) is 17.9 Å². The molecule has 4 heteroatoms. The highest BCUT2D eigenvalue weighted by Gasteiger charge is 2.29. The van der Waals surface area contributed by atoms with E-state index < -0.39 is 0 Å². The molecule has 4 nitrogen and oxygen atoms in total. The van der Waals surface area contributed by atoms with Crippen molar-refractivity contribution in [2.24, 2.45) is 0 Å². The highest BCUT2D eigenvalue weighted by atomic mass is 16.3. The lowest BCUT2D eigenvalue weighted by atomic mass is 10.0. The summed E-state index contributed by atoms with van der Waals surface area (Å²) in [6.07, 6.45) is 0. The van der Waals surface area contributed by atoms with Crippen LogP contribution in [0.4, 0.5) is 0 Å². The maximum Gasteiger partial charge on any atom is 0.233 e. The van der Waals surface area contributed by atoms with Crippen molar-refractivity contribution < 1.29 is 9.21 Å². The Morgan fingerprint density at radius 3 is 3.00 bits per heavy atom. The fraction of sp³-hybridized carbons (Fsp3) is 0.438. The topological polar surface area (TPSA) is 45.5 Å². The molecule has 2 heterocycles. The molecule has 106 valence electrons. The lowest BCUT2D eigenvalue weighted by Gasteiger charge is -2.35. The van der Waals surface area contributed by atoms with Gasteiger partial charge in [-0.2, -0.15) is 0 Å². The Hall–Kier alpha value is -1.81. The Bertz CT molecular complexity index is 587. The Labute approximate surface area is 118 Å². The van der Waals surface area contributed by atoms with Crippen LogP contribution in [-0.2, 0) is 4.79 Å². The number of hydrogen-bond donors (Lipinski definition) is 1. The number of nitrogens with zero attached hydrogens (tertiary/aromatic N) is 1. The van der Waals surface area contributed by atoms with Gasteiger partial charge in [-0.3, -0.25) is 4.79 Å². The number of piperazine rings is 1. The maximum absolute atomic E-state index is 12.6. The molecule has 2 aromatic rings. The molecule has 1 aromatic heterocycles. The van der Waals surface area contributed by atoms with E-state index >= 15 is 0 Å². The van der Waals surface area contributed by atoms with Crippen LogP contribution in [0.25, 0.3) is 11.0 Å². The summed E-state index contributed by atoms with van der Waals surface area (Å²) in [5.41, 5.74) is 0.843. The van der Waals surface area contributed by atoms with Gasteiger partial charge in [0.15, 0.2) is 0 Å². The Kier molecular flexibility index (Phi) is 3.49. The Morgan fingerprint density at radius 1 is 1.45 bits per heavy atom. The first-order valence-electron chi connectivity index (χ1n) is 7.16. The van der Waals surface area contributed by atoms with Crippen LogP contribution in [0.1, 0.15) is 25.5 Å². The van der Waals surface area contributed by atoms with E-state index in [4.69, 9.17) is 4.42 Å². The molecule has 1 unspecified atom stereocenters. The summed E-state index contributed by atoms with van der Waals surface area (Å²) in [6, 6.07) is 10.1. The predicted molar refractivity (Wildman–Crippen MR) is 78.7 cm³/mol. The van der Waals surface area contributed by atoms with Crippen molar-refractivity contribution in [3.8, 4) is 0 Å². The number of hydrogen-bond acceptors (Lipinski definition) is 3. The summed E-state index contributed by atoms with van der Waals surface area (Å²) >= 11 is 0. The normalized spacial score (nSPS) is 21.1. The molecule has 0 spiro atoms. The molecule has 1 aromatic carbocycles. The lowest BCUT2D eigenvalue weighted by Crippen LogP contribution is -2.53. The molecule has 1 fully saturated rings. The molecule has 2 atom stereocenters. The quantitative estimate of drug-likeness (QED) is 0.913. The predicted octanol–water partition coefficient (Wildman–Crippen LogP) is 2.36. The summed E-state index contributed by atoms with van der Waals surface area (Å²) in [7, 11) is 0. The second-order valence-corrected chi connectivity index (χ2v) is 5.49. The lowest BCUT2D eigenvalue weighted by molar-refractivity contribution is -0.135. The third-order valence-corrected chi connectivity index (χ3v) is 4.03. The summed E-state index contributed by atoms with van der Waals surface area (Å²) < 4.78 is 5.81. The molecular weight excluding hydrogens is 252 g/mol. The van der Waals surface area contributed by atoms with Crippen LogP contribution in [0.2, 0.25) is 0 Å². The number of fused-ring (bicyclic) bond motifs is 1. The van der Waals surface area contributed by atoms with Crippen molar-refractivity contribution in [1.82, 2.24) is 10.2 Å². The van der Waals surface area contributed by atoms with Crippen LogP contribution < -0.4 is 5.32 Å². The number of benzene rings is 1. The fourth-order valence-corrected chi connectivity index (χ4v) is 2.75. The van der Waals surface area contributed by atoms with E-state index in [1.807, 2.05) is 42.2 Å². The molecule has 1 aliphatic rings. The van der Waals surface area contributed by atoms with Gasteiger partial charge in [-0.05, 0) is 26.0 Å². The first-order chi connectivity index (χ1) is 9.66. The third-order valence-electron chi connectivity index (χ3n) is 4.03. The van der Waals surface area contributed by atoms with Crippen molar-refractivity contribution in [3.05, 3.63) is 36.1 Å². The highest BCUT2D eigenvalue weighted by Crippen LogP contribution is 2.26.